The largest absolute Gasteiger partial charge is 0.456 e. The summed E-state index contributed by atoms with van der Waals surface area (Å²) in [5.74, 6) is -5.77. The van der Waals surface area contributed by atoms with Gasteiger partial charge in [0.2, 0.25) is 0 Å². The molecule has 2 saturated carbocycles. The summed E-state index contributed by atoms with van der Waals surface area (Å²) >= 11 is 0. The number of benzene rings is 3. The molecule has 11 atom stereocenters. The number of Topliss-reactive ketones (excluding diaryl/α,β-unsaturated/α-hetero) is 1. The van der Waals surface area contributed by atoms with Crippen LogP contribution >= 0.6 is 0 Å². The Morgan fingerprint density at radius 3 is 1.86 bits per heavy atom. The zero-order chi connectivity index (χ0) is 56.0. The first-order chi connectivity index (χ1) is 35.6. The molecule has 17 heteroatoms. The van der Waals surface area contributed by atoms with Crippen LogP contribution in [0.4, 0.5) is 0 Å². The average molecular weight is 1080 g/mol. The molecule has 4 aliphatic rings. The number of hydrogen-bond acceptors (Lipinski definition) is 14. The normalized spacial score (nSPS) is 28.9. The average Bonchev–Trinajstić information content (AvgIpc) is 3.54. The lowest BCUT2D eigenvalue weighted by molar-refractivity contribution is -0.344. The standard InChI is InChI=1S/C59H79NO14Si2/c1-15-76(16-2,17-3)73-43-33-44-58(35-68-44,72-38(6)62)49-51(71-53(65)41-31-25-20-26-32-41)59(67)34-42(36(4)45(56(59,10)11)47(69-37(5)61)50(63)57(43,49)12)70-54(66)48(74-75(13,14)55(7,8)9)46(39-27-21-18-22-28-39)60-52(64)40-29-23-19-24-30-40/h18-32,42-44,46-49,51,67H,15-17,33-35H2,1-14H3,(H,60,64). The van der Waals surface area contributed by atoms with Crippen molar-refractivity contribution in [1.29, 1.82) is 0 Å². The SMILES string of the molecule is CC[Si](CC)(CC)OC1CC2OCC2(OC(C)=O)C2C(OC(=O)c3ccccc3)C3(O)CC(OC(=O)C(O[Si](C)(C)C(C)(C)C)C(NC(=O)c4ccccc4)c4ccccc4)C(C)=C(C(OC(C)=O)C(=O)C12C)C3(C)C. The molecule has 0 aromatic heterocycles. The van der Waals surface area contributed by atoms with Gasteiger partial charge in [0.05, 0.1) is 35.6 Å². The Morgan fingerprint density at radius 2 is 1.36 bits per heavy atom. The van der Waals surface area contributed by atoms with Gasteiger partial charge < -0.3 is 43.0 Å². The number of fused-ring (bicyclic) bond motifs is 5. The van der Waals surface area contributed by atoms with Gasteiger partial charge >= 0.3 is 23.9 Å². The minimum atomic E-state index is -2.94. The molecule has 1 amide bonds. The van der Waals surface area contributed by atoms with E-state index in [1.807, 2.05) is 39.9 Å². The van der Waals surface area contributed by atoms with Gasteiger partial charge in [-0.15, -0.1) is 0 Å². The van der Waals surface area contributed by atoms with Gasteiger partial charge in [0, 0.05) is 37.7 Å². The summed E-state index contributed by atoms with van der Waals surface area (Å²) in [4.78, 5) is 88.6. The van der Waals surface area contributed by atoms with Gasteiger partial charge in [-0.1, -0.05) is 122 Å². The third-order valence-corrected chi connectivity index (χ3v) is 27.1. The van der Waals surface area contributed by atoms with Crippen molar-refractivity contribution in [1.82, 2.24) is 5.32 Å². The minimum absolute atomic E-state index is 0.0893. The van der Waals surface area contributed by atoms with Crippen molar-refractivity contribution < 1.29 is 66.4 Å². The maximum Gasteiger partial charge on any atom is 0.338 e. The van der Waals surface area contributed by atoms with Crippen LogP contribution in [-0.4, -0.2) is 112 Å². The Kier molecular flexibility index (Phi) is 16.8. The lowest BCUT2D eigenvalue weighted by atomic mass is 9.44. The van der Waals surface area contributed by atoms with Gasteiger partial charge in [0.15, 0.2) is 40.2 Å². The van der Waals surface area contributed by atoms with E-state index in [0.717, 1.165) is 0 Å². The van der Waals surface area contributed by atoms with E-state index in [1.165, 1.54) is 13.8 Å². The monoisotopic (exact) mass is 1080 g/mol. The van der Waals surface area contributed by atoms with Gasteiger partial charge in [-0.3, -0.25) is 19.2 Å². The summed E-state index contributed by atoms with van der Waals surface area (Å²) in [6.45, 7) is 25.1. The highest BCUT2D eigenvalue weighted by atomic mass is 28.4. The first-order valence-corrected chi connectivity index (χ1v) is 32.2. The number of ketones is 1. The third kappa shape index (κ3) is 10.4. The van der Waals surface area contributed by atoms with E-state index in [2.05, 4.69) is 26.1 Å². The highest BCUT2D eigenvalue weighted by Crippen LogP contribution is 2.65. The fourth-order valence-corrected chi connectivity index (χ4v) is 16.4. The second-order valence-electron chi connectivity index (χ2n) is 23.5. The number of hydrogen-bond donors (Lipinski definition) is 2. The van der Waals surface area contributed by atoms with Crippen LogP contribution in [0.25, 0.3) is 0 Å². The van der Waals surface area contributed by atoms with Crippen LogP contribution in [0.5, 0.6) is 0 Å². The van der Waals surface area contributed by atoms with Gasteiger partial charge in [-0.25, -0.2) is 9.59 Å². The summed E-state index contributed by atoms with van der Waals surface area (Å²) in [5, 5.41) is 17.1. The molecule has 7 rings (SSSR count). The third-order valence-electron chi connectivity index (χ3n) is 18.0. The minimum Gasteiger partial charge on any atom is -0.456 e. The van der Waals surface area contributed by atoms with Gasteiger partial charge in [-0.05, 0) is 91.1 Å². The highest BCUT2D eigenvalue weighted by molar-refractivity contribution is 6.74. The van der Waals surface area contributed by atoms with Crippen molar-refractivity contribution in [3.63, 3.8) is 0 Å². The Bertz CT molecular complexity index is 2680. The summed E-state index contributed by atoms with van der Waals surface area (Å²) in [5.41, 5.74) is -6.01. The van der Waals surface area contributed by atoms with Crippen molar-refractivity contribution in [3.05, 3.63) is 119 Å². The molecule has 15 nitrogen and oxygen atoms in total. The zero-order valence-corrected chi connectivity index (χ0v) is 48.8. The predicted molar refractivity (Wildman–Crippen MR) is 290 cm³/mol. The summed E-state index contributed by atoms with van der Waals surface area (Å²) in [6, 6.07) is 26.8. The molecule has 3 aliphatic carbocycles. The Morgan fingerprint density at radius 1 is 0.803 bits per heavy atom. The molecule has 3 aromatic rings. The molecule has 1 heterocycles. The summed E-state index contributed by atoms with van der Waals surface area (Å²) in [6.07, 6.45) is -8.56. The van der Waals surface area contributed by atoms with Crippen LogP contribution < -0.4 is 5.32 Å². The molecule has 0 radical (unpaired) electrons. The van der Waals surface area contributed by atoms with Crippen LogP contribution in [0.2, 0.25) is 36.3 Å². The van der Waals surface area contributed by atoms with Crippen molar-refractivity contribution in [2.24, 2.45) is 16.7 Å². The van der Waals surface area contributed by atoms with Gasteiger partial charge in [0.25, 0.3) is 5.91 Å². The molecule has 3 fully saturated rings. The van der Waals surface area contributed by atoms with Crippen molar-refractivity contribution in [3.8, 4) is 0 Å². The number of rotatable bonds is 17. The number of esters is 4. The van der Waals surface area contributed by atoms with Crippen LogP contribution in [0.3, 0.4) is 0 Å². The molecule has 1 aliphatic heterocycles. The maximum atomic E-state index is 16.6. The first kappa shape index (κ1) is 58.4. The van der Waals surface area contributed by atoms with Crippen molar-refractivity contribution in [2.45, 2.75) is 186 Å². The topological polar surface area (TPSA) is 199 Å². The van der Waals surface area contributed by atoms with Crippen LogP contribution in [0.15, 0.2) is 102 Å². The molecule has 11 unspecified atom stereocenters. The number of carbonyl (C=O) groups is 6. The van der Waals surface area contributed by atoms with Crippen molar-refractivity contribution >= 4 is 52.2 Å². The fourth-order valence-electron chi connectivity index (χ4n) is 12.2. The zero-order valence-electron chi connectivity index (χ0n) is 46.8. The van der Waals surface area contributed by atoms with Gasteiger partial charge in [-0.2, -0.15) is 0 Å². The Balaban J connectivity index is 1.49. The van der Waals surface area contributed by atoms with Gasteiger partial charge in [0.1, 0.15) is 23.9 Å². The predicted octanol–water partition coefficient (Wildman–Crippen LogP) is 9.79. The molecule has 2 bridgehead atoms. The second kappa shape index (κ2) is 21.8. The molecule has 0 spiro atoms. The first-order valence-electron chi connectivity index (χ1n) is 26.8. The number of carbonyl (C=O) groups excluding carboxylic acids is 6. The smallest absolute Gasteiger partial charge is 0.338 e. The molecule has 412 valence electrons. The van der Waals surface area contributed by atoms with E-state index in [9.17, 15) is 24.3 Å². The Labute approximate surface area is 450 Å². The van der Waals surface area contributed by atoms with E-state index in [-0.39, 0.29) is 24.2 Å². The van der Waals surface area contributed by atoms with Crippen LogP contribution in [0.1, 0.15) is 128 Å². The number of nitrogens with one attached hydrogen (secondary N) is 1. The lowest BCUT2D eigenvalue weighted by Gasteiger charge is -2.68. The highest BCUT2D eigenvalue weighted by Gasteiger charge is 2.79. The fraction of sp³-hybridized carbons (Fsp3) is 0.559. The molecule has 1 saturated heterocycles. The molecular formula is C59H79NO14Si2. The molecular weight excluding hydrogens is 1000 g/mol. The lowest BCUT2D eigenvalue weighted by Crippen LogP contribution is -2.82. The number of amides is 1. The molecule has 3 aromatic carbocycles. The molecule has 76 heavy (non-hydrogen) atoms. The number of ether oxygens (including phenoxy) is 5. The van der Waals surface area contributed by atoms with Crippen molar-refractivity contribution in [2.75, 3.05) is 6.61 Å². The molecule has 2 N–H and O–H groups in total. The summed E-state index contributed by atoms with van der Waals surface area (Å²) in [7, 11) is -5.59. The van der Waals surface area contributed by atoms with Crippen LogP contribution in [-0.2, 0) is 51.7 Å². The van der Waals surface area contributed by atoms with E-state index < -0.39 is 134 Å². The maximum absolute atomic E-state index is 16.6. The quantitative estimate of drug-likeness (QED) is 0.0560. The number of aliphatic hydroxyl groups is 1. The van der Waals surface area contributed by atoms with E-state index >= 15 is 9.59 Å². The Hall–Kier alpha value is -5.31. The van der Waals surface area contributed by atoms with E-state index in [0.29, 0.717) is 34.8 Å². The van der Waals surface area contributed by atoms with E-state index in [4.69, 9.17) is 32.5 Å². The second-order valence-corrected chi connectivity index (χ2v) is 33.0. The summed E-state index contributed by atoms with van der Waals surface area (Å²) < 4.78 is 47.0. The van der Waals surface area contributed by atoms with Crippen LogP contribution in [0, 0.1) is 16.7 Å². The van der Waals surface area contributed by atoms with E-state index in [1.54, 1.807) is 113 Å².